The molecule has 0 amide bonds. The number of esters is 1. The van der Waals surface area contributed by atoms with Crippen LogP contribution in [0.4, 0.5) is 17.6 Å². The molecule has 0 fully saturated rings. The number of rotatable bonds is 5. The molecule has 0 unspecified atom stereocenters. The van der Waals surface area contributed by atoms with Crippen LogP contribution in [0.1, 0.15) is 23.0 Å². The van der Waals surface area contributed by atoms with Gasteiger partial charge in [0.25, 0.3) is 9.84 Å². The van der Waals surface area contributed by atoms with Gasteiger partial charge in [-0.15, -0.1) is 0 Å². The molecule has 0 spiro atoms. The predicted octanol–water partition coefficient (Wildman–Crippen LogP) is 3.69. The molecule has 0 radical (unpaired) electrons. The summed E-state index contributed by atoms with van der Waals surface area (Å²) in [7, 11) is -5.89. The Morgan fingerprint density at radius 1 is 1.17 bits per heavy atom. The lowest BCUT2D eigenvalue weighted by molar-refractivity contribution is -0.0435. The monoisotopic (exact) mass is 430 g/mol. The molecule has 2 aromatic heterocycles. The van der Waals surface area contributed by atoms with Crippen LogP contribution < -0.4 is 0 Å². The number of alkyl halides is 3. The van der Waals surface area contributed by atoms with E-state index in [2.05, 4.69) is 9.72 Å². The summed E-state index contributed by atoms with van der Waals surface area (Å²) in [5.74, 6) is -1.73. The fourth-order valence-corrected chi connectivity index (χ4v) is 3.87. The summed E-state index contributed by atoms with van der Waals surface area (Å²) in [5.41, 5.74) is -5.89. The van der Waals surface area contributed by atoms with Crippen molar-refractivity contribution >= 4 is 26.7 Å². The van der Waals surface area contributed by atoms with Gasteiger partial charge in [-0.3, -0.25) is 0 Å². The maximum absolute atomic E-state index is 13.3. The van der Waals surface area contributed by atoms with Gasteiger partial charge in [0.05, 0.1) is 18.3 Å². The van der Waals surface area contributed by atoms with Gasteiger partial charge < -0.3 is 9.30 Å². The molecule has 29 heavy (non-hydrogen) atoms. The van der Waals surface area contributed by atoms with Gasteiger partial charge in [-0.25, -0.2) is 22.6 Å². The molecule has 0 aliphatic rings. The minimum atomic E-state index is -5.89. The minimum absolute atomic E-state index is 0.0604. The molecule has 1 aromatic carbocycles. The van der Waals surface area contributed by atoms with Gasteiger partial charge in [-0.05, 0) is 30.7 Å². The van der Waals surface area contributed by atoms with Gasteiger partial charge >= 0.3 is 11.5 Å². The summed E-state index contributed by atoms with van der Waals surface area (Å²) >= 11 is 0. The molecule has 0 aliphatic heterocycles. The molecule has 6 nitrogen and oxygen atoms in total. The first-order valence-electron chi connectivity index (χ1n) is 8.27. The van der Waals surface area contributed by atoms with Crippen molar-refractivity contribution in [1.29, 1.82) is 0 Å². The second-order valence-electron chi connectivity index (χ2n) is 5.97. The first kappa shape index (κ1) is 20.8. The van der Waals surface area contributed by atoms with E-state index in [-0.39, 0.29) is 24.1 Å². The van der Waals surface area contributed by atoms with Crippen molar-refractivity contribution in [3.05, 3.63) is 59.8 Å². The lowest BCUT2D eigenvalue weighted by Crippen LogP contribution is -2.26. The summed E-state index contributed by atoms with van der Waals surface area (Å²) < 4.78 is 83.3. The van der Waals surface area contributed by atoms with Crippen molar-refractivity contribution in [3.63, 3.8) is 0 Å². The summed E-state index contributed by atoms with van der Waals surface area (Å²) in [5, 5.41) is -0.317. The standard InChI is InChI=1S/C18H14F4N2O4S/c1-2-28-17(25)15-16(29(26,27)18(20,21)22)13-7-8-24(14(13)9-23-15)10-11-3-5-12(19)6-4-11/h3-9H,2,10H2,1H3. The Bertz CT molecular complexity index is 1170. The maximum atomic E-state index is 13.3. The molecule has 11 heteroatoms. The SMILES string of the molecule is CCOC(=O)c1ncc2c(ccn2Cc2ccc(F)cc2)c1S(=O)(=O)C(F)(F)F. The number of hydrogen-bond donors (Lipinski definition) is 0. The lowest BCUT2D eigenvalue weighted by atomic mass is 10.2. The number of sulfone groups is 1. The topological polar surface area (TPSA) is 78.3 Å². The fraction of sp³-hybridized carbons (Fsp3) is 0.222. The van der Waals surface area contributed by atoms with Crippen molar-refractivity contribution in [2.24, 2.45) is 0 Å². The molecule has 0 N–H and O–H groups in total. The van der Waals surface area contributed by atoms with Gasteiger partial charge in [0.2, 0.25) is 0 Å². The van der Waals surface area contributed by atoms with Crippen molar-refractivity contribution in [3.8, 4) is 0 Å². The third-order valence-corrected chi connectivity index (χ3v) is 5.65. The third-order valence-electron chi connectivity index (χ3n) is 4.09. The Hall–Kier alpha value is -2.95. The number of nitrogens with zero attached hydrogens (tertiary/aromatic N) is 2. The highest BCUT2D eigenvalue weighted by atomic mass is 32.2. The quantitative estimate of drug-likeness (QED) is 0.456. The molecular weight excluding hydrogens is 416 g/mol. The van der Waals surface area contributed by atoms with Crippen LogP contribution in [-0.4, -0.2) is 36.1 Å². The van der Waals surface area contributed by atoms with E-state index in [9.17, 15) is 30.8 Å². The van der Waals surface area contributed by atoms with Crippen molar-refractivity contribution < 1.29 is 35.5 Å². The van der Waals surface area contributed by atoms with Crippen LogP contribution in [-0.2, 0) is 21.1 Å². The van der Waals surface area contributed by atoms with Crippen molar-refractivity contribution in [2.45, 2.75) is 23.9 Å². The minimum Gasteiger partial charge on any atom is -0.461 e. The van der Waals surface area contributed by atoms with Crippen LogP contribution in [0.15, 0.2) is 47.6 Å². The number of halogens is 4. The smallest absolute Gasteiger partial charge is 0.461 e. The highest BCUT2D eigenvalue weighted by molar-refractivity contribution is 7.92. The lowest BCUT2D eigenvalue weighted by Gasteiger charge is -2.13. The highest BCUT2D eigenvalue weighted by Gasteiger charge is 2.50. The van der Waals surface area contributed by atoms with E-state index in [0.29, 0.717) is 5.56 Å². The average molecular weight is 430 g/mol. The predicted molar refractivity (Wildman–Crippen MR) is 94.4 cm³/mol. The van der Waals surface area contributed by atoms with E-state index in [1.54, 1.807) is 0 Å². The molecule has 0 saturated carbocycles. The van der Waals surface area contributed by atoms with Gasteiger partial charge in [0.1, 0.15) is 10.7 Å². The molecule has 0 saturated heterocycles. The van der Waals surface area contributed by atoms with Crippen LogP contribution in [0.3, 0.4) is 0 Å². The fourth-order valence-electron chi connectivity index (χ4n) is 2.79. The molecule has 154 valence electrons. The molecule has 0 bridgehead atoms. The van der Waals surface area contributed by atoms with E-state index in [1.807, 2.05) is 0 Å². The highest BCUT2D eigenvalue weighted by Crippen LogP contribution is 2.36. The Morgan fingerprint density at radius 2 is 1.83 bits per heavy atom. The summed E-state index contributed by atoms with van der Waals surface area (Å²) in [6.07, 6.45) is 2.46. The van der Waals surface area contributed by atoms with E-state index < -0.39 is 37.7 Å². The van der Waals surface area contributed by atoms with Crippen LogP contribution >= 0.6 is 0 Å². The maximum Gasteiger partial charge on any atom is 0.502 e. The van der Waals surface area contributed by atoms with Gasteiger partial charge in [-0.2, -0.15) is 13.2 Å². The number of fused-ring (bicyclic) bond motifs is 1. The Labute approximate surface area is 162 Å². The zero-order valence-electron chi connectivity index (χ0n) is 14.9. The second kappa shape index (κ2) is 7.47. The first-order chi connectivity index (χ1) is 13.6. The summed E-state index contributed by atoms with van der Waals surface area (Å²) in [4.78, 5) is 14.5. The van der Waals surface area contributed by atoms with Gasteiger partial charge in [-0.1, -0.05) is 12.1 Å². The summed E-state index contributed by atoms with van der Waals surface area (Å²) in [6.45, 7) is 1.37. The molecule has 0 aliphatic carbocycles. The van der Waals surface area contributed by atoms with Crippen LogP contribution in [0.5, 0.6) is 0 Å². The number of carbonyl (C=O) groups is 1. The Balaban J connectivity index is 2.21. The molecule has 3 rings (SSSR count). The number of aromatic nitrogens is 2. The van der Waals surface area contributed by atoms with E-state index in [0.717, 1.165) is 12.3 Å². The van der Waals surface area contributed by atoms with Crippen molar-refractivity contribution in [1.82, 2.24) is 9.55 Å². The zero-order valence-corrected chi connectivity index (χ0v) is 15.7. The van der Waals surface area contributed by atoms with Crippen LogP contribution in [0.2, 0.25) is 0 Å². The van der Waals surface area contributed by atoms with E-state index in [4.69, 9.17) is 0 Å². The van der Waals surface area contributed by atoms with Crippen LogP contribution in [0.25, 0.3) is 10.9 Å². The first-order valence-corrected chi connectivity index (χ1v) is 9.75. The second-order valence-corrected chi connectivity index (χ2v) is 7.85. The van der Waals surface area contributed by atoms with Gasteiger partial charge in [0, 0.05) is 18.1 Å². The van der Waals surface area contributed by atoms with Crippen LogP contribution in [0, 0.1) is 5.82 Å². The Kier molecular flexibility index (Phi) is 5.35. The van der Waals surface area contributed by atoms with Gasteiger partial charge in [0.15, 0.2) is 5.69 Å². The largest absolute Gasteiger partial charge is 0.502 e. The number of pyridine rings is 1. The number of ether oxygens (including phenoxy) is 1. The van der Waals surface area contributed by atoms with E-state index in [1.165, 1.54) is 42.0 Å². The zero-order chi connectivity index (χ0) is 21.4. The molecule has 2 heterocycles. The average Bonchev–Trinajstić information content (AvgIpc) is 3.04. The number of carbonyl (C=O) groups excluding carboxylic acids is 1. The number of hydrogen-bond acceptors (Lipinski definition) is 5. The normalized spacial score (nSPS) is 12.3. The molecular formula is C18H14F4N2O4S. The van der Waals surface area contributed by atoms with E-state index >= 15 is 0 Å². The summed E-state index contributed by atoms with van der Waals surface area (Å²) in [6, 6.07) is 6.56. The molecule has 3 aromatic rings. The third kappa shape index (κ3) is 3.82. The Morgan fingerprint density at radius 3 is 2.41 bits per heavy atom. The number of benzene rings is 1. The molecule has 0 atom stereocenters. The van der Waals surface area contributed by atoms with Crippen molar-refractivity contribution in [2.75, 3.05) is 6.61 Å².